The van der Waals surface area contributed by atoms with Crippen LogP contribution in [0, 0.1) is 5.82 Å². The van der Waals surface area contributed by atoms with E-state index in [0.717, 1.165) is 0 Å². The van der Waals surface area contributed by atoms with Gasteiger partial charge in [-0.2, -0.15) is 0 Å². The van der Waals surface area contributed by atoms with Gasteiger partial charge in [0.05, 0.1) is 22.8 Å². The van der Waals surface area contributed by atoms with Gasteiger partial charge in [-0.1, -0.05) is 12.1 Å². The van der Waals surface area contributed by atoms with Crippen molar-refractivity contribution in [3.63, 3.8) is 0 Å². The molecular formula is C20H21FN4O4S. The summed E-state index contributed by atoms with van der Waals surface area (Å²) in [7, 11) is 0. The van der Waals surface area contributed by atoms with E-state index in [0.29, 0.717) is 48.5 Å². The highest BCUT2D eigenvalue weighted by Gasteiger charge is 2.17. The number of nitrogens with zero attached hydrogens (tertiary/aromatic N) is 2. The van der Waals surface area contributed by atoms with E-state index in [-0.39, 0.29) is 17.7 Å². The molecular weight excluding hydrogens is 411 g/mol. The Labute approximate surface area is 175 Å². The standard InChI is InChI=1S/C20H21FN4O4S/c21-19-13(4-2-9-24-30(27)28)3-1-5-15(19)20(26)14-6-7-16-17(11-14)25-18(12-23-16)29-10-8-22/h1,3,5-7,11-12,24H,2,4,8-10,22H2,(H,27,28). The Hall–Kier alpha value is -2.79. The molecule has 3 aromatic rings. The summed E-state index contributed by atoms with van der Waals surface area (Å²) in [6, 6.07) is 9.40. The van der Waals surface area contributed by atoms with Crippen LogP contribution in [0.3, 0.4) is 0 Å². The second-order valence-corrected chi connectivity index (χ2v) is 7.19. The van der Waals surface area contributed by atoms with Crippen molar-refractivity contribution in [3.8, 4) is 5.88 Å². The van der Waals surface area contributed by atoms with Crippen LogP contribution in [0.2, 0.25) is 0 Å². The lowest BCUT2D eigenvalue weighted by Crippen LogP contribution is -2.18. The first-order valence-corrected chi connectivity index (χ1v) is 10.4. The number of aromatic nitrogens is 2. The van der Waals surface area contributed by atoms with Crippen LogP contribution in [-0.4, -0.2) is 44.2 Å². The molecule has 0 aliphatic heterocycles. The van der Waals surface area contributed by atoms with Crippen LogP contribution in [-0.2, 0) is 17.7 Å². The summed E-state index contributed by atoms with van der Waals surface area (Å²) < 4.78 is 41.9. The maximum absolute atomic E-state index is 14.9. The number of fused-ring (bicyclic) bond motifs is 1. The summed E-state index contributed by atoms with van der Waals surface area (Å²) in [4.78, 5) is 21.5. The Kier molecular flexibility index (Phi) is 7.52. The van der Waals surface area contributed by atoms with E-state index in [4.69, 9.17) is 15.0 Å². The number of ketones is 1. The lowest BCUT2D eigenvalue weighted by molar-refractivity contribution is 0.103. The van der Waals surface area contributed by atoms with Crippen molar-refractivity contribution in [3.05, 3.63) is 65.1 Å². The smallest absolute Gasteiger partial charge is 0.232 e. The molecule has 2 aromatic carbocycles. The van der Waals surface area contributed by atoms with Gasteiger partial charge in [0.15, 0.2) is 5.78 Å². The van der Waals surface area contributed by atoms with Crippen molar-refractivity contribution in [2.75, 3.05) is 19.7 Å². The number of hydrogen-bond donors (Lipinski definition) is 3. The van der Waals surface area contributed by atoms with Crippen molar-refractivity contribution < 1.29 is 22.7 Å². The van der Waals surface area contributed by atoms with Crippen molar-refractivity contribution in [2.45, 2.75) is 12.8 Å². The lowest BCUT2D eigenvalue weighted by Gasteiger charge is -2.09. The van der Waals surface area contributed by atoms with Crippen LogP contribution in [0.5, 0.6) is 5.88 Å². The van der Waals surface area contributed by atoms with Gasteiger partial charge in [-0.3, -0.25) is 9.35 Å². The minimum Gasteiger partial charge on any atom is -0.475 e. The van der Waals surface area contributed by atoms with E-state index >= 15 is 0 Å². The van der Waals surface area contributed by atoms with E-state index < -0.39 is 22.9 Å². The number of carbonyl (C=O) groups is 1. The second kappa shape index (κ2) is 10.3. The molecule has 0 spiro atoms. The molecule has 0 bridgehead atoms. The number of benzene rings is 2. The topological polar surface area (TPSA) is 127 Å². The van der Waals surface area contributed by atoms with Crippen LogP contribution in [0.15, 0.2) is 42.6 Å². The van der Waals surface area contributed by atoms with Crippen LogP contribution >= 0.6 is 0 Å². The summed E-state index contributed by atoms with van der Waals surface area (Å²) in [5, 5.41) is 0. The molecule has 10 heteroatoms. The number of ether oxygens (including phenoxy) is 1. The Morgan fingerprint density at radius 3 is 2.87 bits per heavy atom. The maximum atomic E-state index is 14.9. The fourth-order valence-corrected chi connectivity index (χ4v) is 3.23. The summed E-state index contributed by atoms with van der Waals surface area (Å²) in [6.07, 6.45) is 2.24. The highest BCUT2D eigenvalue weighted by atomic mass is 32.2. The number of aryl methyl sites for hydroxylation is 1. The molecule has 3 rings (SSSR count). The van der Waals surface area contributed by atoms with Gasteiger partial charge in [0.2, 0.25) is 17.1 Å². The SMILES string of the molecule is NCCOc1cnc2ccc(C(=O)c3cccc(CCCNS(=O)O)c3F)cc2n1. The molecule has 0 saturated heterocycles. The van der Waals surface area contributed by atoms with Gasteiger partial charge in [0.25, 0.3) is 0 Å². The fraction of sp³-hybridized carbons (Fsp3) is 0.250. The minimum absolute atomic E-state index is 0.0472. The Balaban J connectivity index is 1.82. The Morgan fingerprint density at radius 1 is 1.27 bits per heavy atom. The summed E-state index contributed by atoms with van der Waals surface area (Å²) in [5.74, 6) is -0.775. The third-order valence-electron chi connectivity index (χ3n) is 4.32. The average molecular weight is 432 g/mol. The number of halogens is 1. The summed E-state index contributed by atoms with van der Waals surface area (Å²) in [6.45, 7) is 0.876. The lowest BCUT2D eigenvalue weighted by atomic mass is 9.98. The van der Waals surface area contributed by atoms with E-state index in [9.17, 15) is 13.4 Å². The third kappa shape index (κ3) is 5.42. The van der Waals surface area contributed by atoms with Gasteiger partial charge in [0, 0.05) is 18.7 Å². The largest absolute Gasteiger partial charge is 0.475 e. The normalized spacial score (nSPS) is 12.1. The van der Waals surface area contributed by atoms with E-state index in [1.54, 1.807) is 30.3 Å². The van der Waals surface area contributed by atoms with Gasteiger partial charge >= 0.3 is 0 Å². The van der Waals surface area contributed by atoms with Crippen LogP contribution < -0.4 is 15.2 Å². The van der Waals surface area contributed by atoms with Gasteiger partial charge in [-0.15, -0.1) is 0 Å². The number of nitrogens with two attached hydrogens (primary N) is 1. The highest BCUT2D eigenvalue weighted by Crippen LogP contribution is 2.21. The molecule has 0 aliphatic rings. The summed E-state index contributed by atoms with van der Waals surface area (Å²) >= 11 is -2.11. The predicted molar refractivity (Wildman–Crippen MR) is 111 cm³/mol. The number of rotatable bonds is 10. The second-order valence-electron chi connectivity index (χ2n) is 6.40. The summed E-state index contributed by atoms with van der Waals surface area (Å²) in [5.41, 5.74) is 7.04. The number of carbonyl (C=O) groups excluding carboxylic acids is 1. The van der Waals surface area contributed by atoms with Crippen molar-refractivity contribution in [1.82, 2.24) is 14.7 Å². The van der Waals surface area contributed by atoms with Crippen molar-refractivity contribution in [2.24, 2.45) is 5.73 Å². The van der Waals surface area contributed by atoms with Crippen LogP contribution in [0.4, 0.5) is 4.39 Å². The monoisotopic (exact) mass is 432 g/mol. The third-order valence-corrected chi connectivity index (χ3v) is 4.77. The molecule has 30 heavy (non-hydrogen) atoms. The molecule has 4 N–H and O–H groups in total. The average Bonchev–Trinajstić information content (AvgIpc) is 2.75. The zero-order valence-corrected chi connectivity index (χ0v) is 16.8. The zero-order valence-electron chi connectivity index (χ0n) is 16.0. The number of nitrogens with one attached hydrogen (secondary N) is 1. The first-order chi connectivity index (χ1) is 14.5. The van der Waals surface area contributed by atoms with Crippen molar-refractivity contribution in [1.29, 1.82) is 0 Å². The molecule has 0 amide bonds. The molecule has 0 saturated carbocycles. The minimum atomic E-state index is -2.11. The molecule has 1 heterocycles. The van der Waals surface area contributed by atoms with Gasteiger partial charge < -0.3 is 10.5 Å². The zero-order chi connectivity index (χ0) is 21.5. The van der Waals surface area contributed by atoms with E-state index in [2.05, 4.69) is 14.7 Å². The van der Waals surface area contributed by atoms with Crippen LogP contribution in [0.1, 0.15) is 27.9 Å². The maximum Gasteiger partial charge on any atom is 0.232 e. The predicted octanol–water partition coefficient (Wildman–Crippen LogP) is 2.00. The first kappa shape index (κ1) is 21.9. The van der Waals surface area contributed by atoms with Gasteiger partial charge in [-0.25, -0.2) is 23.3 Å². The highest BCUT2D eigenvalue weighted by molar-refractivity contribution is 7.77. The molecule has 0 fully saturated rings. The molecule has 8 nitrogen and oxygen atoms in total. The van der Waals surface area contributed by atoms with Gasteiger partial charge in [0.1, 0.15) is 12.4 Å². The quantitative estimate of drug-likeness (QED) is 0.254. The van der Waals surface area contributed by atoms with Crippen molar-refractivity contribution >= 4 is 28.1 Å². The van der Waals surface area contributed by atoms with E-state index in [1.165, 1.54) is 12.3 Å². The Bertz CT molecular complexity index is 1080. The fourth-order valence-electron chi connectivity index (χ4n) is 2.91. The first-order valence-electron chi connectivity index (χ1n) is 9.25. The molecule has 1 aromatic heterocycles. The number of hydrogen-bond acceptors (Lipinski definition) is 6. The molecule has 1 atom stereocenters. The molecule has 158 valence electrons. The molecule has 0 aliphatic carbocycles. The van der Waals surface area contributed by atoms with Gasteiger partial charge in [-0.05, 0) is 42.7 Å². The Morgan fingerprint density at radius 2 is 2.10 bits per heavy atom. The van der Waals surface area contributed by atoms with Crippen LogP contribution in [0.25, 0.3) is 11.0 Å². The molecule has 1 unspecified atom stereocenters. The molecule has 0 radical (unpaired) electrons. The van der Waals surface area contributed by atoms with E-state index in [1.807, 2.05) is 0 Å².